The lowest BCUT2D eigenvalue weighted by atomic mass is 9.83. The Morgan fingerprint density at radius 2 is 2.33 bits per heavy atom. The second kappa shape index (κ2) is 3.26. The Labute approximate surface area is 75.9 Å². The smallest absolute Gasteiger partial charge is 0.306 e. The van der Waals surface area contributed by atoms with Crippen molar-refractivity contribution in [1.29, 1.82) is 0 Å². The molecule has 0 bridgehead atoms. The highest BCUT2D eigenvalue weighted by Crippen LogP contribution is 2.34. The molecule has 2 N–H and O–H groups in total. The Bertz CT molecular complexity index is 197. The molecule has 2 aliphatic heterocycles. The minimum Gasteiger partial charge on any atom is -0.481 e. The van der Waals surface area contributed by atoms with Crippen LogP contribution in [0.3, 0.4) is 0 Å². The molecule has 2 saturated heterocycles. The molecule has 0 aromatic heterocycles. The van der Waals surface area contributed by atoms with E-state index in [2.05, 4.69) is 5.32 Å². The molecule has 3 nitrogen and oxygen atoms in total. The van der Waals surface area contributed by atoms with Crippen molar-refractivity contribution >= 4 is 17.7 Å². The van der Waals surface area contributed by atoms with Crippen LogP contribution < -0.4 is 5.32 Å². The fourth-order valence-corrected chi connectivity index (χ4v) is 3.61. The first kappa shape index (κ1) is 8.38. The van der Waals surface area contributed by atoms with Gasteiger partial charge in [0, 0.05) is 11.8 Å². The summed E-state index contributed by atoms with van der Waals surface area (Å²) in [6, 6.07) is 0.463. The van der Waals surface area contributed by atoms with Crippen molar-refractivity contribution < 1.29 is 9.90 Å². The van der Waals surface area contributed by atoms with E-state index in [1.165, 1.54) is 0 Å². The number of hydrogen-bond acceptors (Lipinski definition) is 3. The quantitative estimate of drug-likeness (QED) is 0.624. The molecule has 0 aromatic carbocycles. The predicted octanol–water partition coefficient (Wildman–Crippen LogP) is 0.412. The van der Waals surface area contributed by atoms with Crippen LogP contribution in [0.25, 0.3) is 0 Å². The Morgan fingerprint density at radius 1 is 1.50 bits per heavy atom. The number of thioether (sulfide) groups is 1. The average molecular weight is 187 g/mol. The van der Waals surface area contributed by atoms with Gasteiger partial charge in [0.25, 0.3) is 0 Å². The summed E-state index contributed by atoms with van der Waals surface area (Å²) < 4.78 is 0. The molecule has 2 fully saturated rings. The molecule has 3 atom stereocenters. The average Bonchev–Trinajstić information content (AvgIpc) is 2.49. The Morgan fingerprint density at radius 3 is 3.08 bits per heavy atom. The first-order valence-corrected chi connectivity index (χ1v) is 5.48. The van der Waals surface area contributed by atoms with Gasteiger partial charge in [-0.05, 0) is 24.6 Å². The highest BCUT2D eigenvalue weighted by atomic mass is 32.2. The maximum atomic E-state index is 10.9. The van der Waals surface area contributed by atoms with Gasteiger partial charge in [0.2, 0.25) is 0 Å². The Balaban J connectivity index is 2.08. The summed E-state index contributed by atoms with van der Waals surface area (Å²) in [4.78, 5) is 10.9. The summed E-state index contributed by atoms with van der Waals surface area (Å²) in [6.45, 7) is 0.874. The fraction of sp³-hybridized carbons (Fsp3) is 0.875. The molecule has 0 amide bonds. The van der Waals surface area contributed by atoms with E-state index in [1.54, 1.807) is 0 Å². The van der Waals surface area contributed by atoms with Gasteiger partial charge in [0.1, 0.15) is 0 Å². The van der Waals surface area contributed by atoms with Crippen LogP contribution in [0.1, 0.15) is 6.42 Å². The number of carboxylic acid groups (broad SMARTS) is 1. The summed E-state index contributed by atoms with van der Waals surface area (Å²) in [7, 11) is 0. The number of carboxylic acids is 1. The molecule has 3 unspecified atom stereocenters. The molecule has 2 aliphatic rings. The molecule has 0 spiro atoms. The fourth-order valence-electron chi connectivity index (χ4n) is 2.12. The third-order valence-electron chi connectivity index (χ3n) is 2.82. The molecule has 0 aromatic rings. The lowest BCUT2D eigenvalue weighted by Crippen LogP contribution is -2.47. The second-order valence-electron chi connectivity index (χ2n) is 3.50. The summed E-state index contributed by atoms with van der Waals surface area (Å²) in [6.07, 6.45) is 0.803. The number of carbonyl (C=O) groups is 1. The minimum absolute atomic E-state index is 0.0914. The van der Waals surface area contributed by atoms with Crippen molar-refractivity contribution in [3.05, 3.63) is 0 Å². The maximum Gasteiger partial charge on any atom is 0.306 e. The standard InChI is InChI=1S/C8H13NO2S/c10-8(11)5-1-2-9-7-4-12-3-6(5)7/h5-7,9H,1-4H2,(H,10,11). The van der Waals surface area contributed by atoms with Crippen molar-refractivity contribution in [2.45, 2.75) is 12.5 Å². The molecule has 0 aliphatic carbocycles. The molecular weight excluding hydrogens is 174 g/mol. The van der Waals surface area contributed by atoms with E-state index < -0.39 is 5.97 Å². The van der Waals surface area contributed by atoms with E-state index in [0.717, 1.165) is 24.5 Å². The number of piperidine rings is 1. The van der Waals surface area contributed by atoms with Crippen LogP contribution in [-0.2, 0) is 4.79 Å². The van der Waals surface area contributed by atoms with Crippen molar-refractivity contribution in [3.63, 3.8) is 0 Å². The highest BCUT2D eigenvalue weighted by Gasteiger charge is 2.40. The van der Waals surface area contributed by atoms with Gasteiger partial charge in [-0.1, -0.05) is 0 Å². The summed E-state index contributed by atoms with van der Waals surface area (Å²) in [5.74, 6) is 1.80. The van der Waals surface area contributed by atoms with Gasteiger partial charge in [-0.3, -0.25) is 4.79 Å². The lowest BCUT2D eigenvalue weighted by molar-refractivity contribution is -0.144. The zero-order valence-electron chi connectivity index (χ0n) is 6.82. The monoisotopic (exact) mass is 187 g/mol. The van der Waals surface area contributed by atoms with E-state index in [0.29, 0.717) is 12.0 Å². The number of rotatable bonds is 1. The van der Waals surface area contributed by atoms with Gasteiger partial charge in [0.15, 0.2) is 0 Å². The topological polar surface area (TPSA) is 49.3 Å². The van der Waals surface area contributed by atoms with Crippen LogP contribution in [-0.4, -0.2) is 35.2 Å². The third kappa shape index (κ3) is 1.33. The predicted molar refractivity (Wildman–Crippen MR) is 48.3 cm³/mol. The molecule has 12 heavy (non-hydrogen) atoms. The van der Waals surface area contributed by atoms with Crippen LogP contribution >= 0.6 is 11.8 Å². The first-order valence-electron chi connectivity index (χ1n) is 4.33. The summed E-state index contributed by atoms with van der Waals surface area (Å²) in [5.41, 5.74) is 0. The van der Waals surface area contributed by atoms with Crippen molar-refractivity contribution in [3.8, 4) is 0 Å². The zero-order chi connectivity index (χ0) is 8.55. The Kier molecular flexibility index (Phi) is 2.28. The van der Waals surface area contributed by atoms with Crippen LogP contribution in [0.5, 0.6) is 0 Å². The normalized spacial score (nSPS) is 40.8. The highest BCUT2D eigenvalue weighted by molar-refractivity contribution is 7.99. The molecule has 0 saturated carbocycles. The van der Waals surface area contributed by atoms with Gasteiger partial charge in [0.05, 0.1) is 5.92 Å². The van der Waals surface area contributed by atoms with Gasteiger partial charge >= 0.3 is 5.97 Å². The minimum atomic E-state index is -0.603. The van der Waals surface area contributed by atoms with Crippen LogP contribution in [0.4, 0.5) is 0 Å². The number of aliphatic carboxylic acids is 1. The molecule has 2 rings (SSSR count). The zero-order valence-corrected chi connectivity index (χ0v) is 7.64. The molecular formula is C8H13NO2S. The maximum absolute atomic E-state index is 10.9. The lowest BCUT2D eigenvalue weighted by Gasteiger charge is -2.31. The molecule has 0 radical (unpaired) electrons. The summed E-state index contributed by atoms with van der Waals surface area (Å²) in [5, 5.41) is 12.3. The summed E-state index contributed by atoms with van der Waals surface area (Å²) >= 11 is 1.87. The van der Waals surface area contributed by atoms with E-state index in [-0.39, 0.29) is 5.92 Å². The van der Waals surface area contributed by atoms with Crippen molar-refractivity contribution in [2.24, 2.45) is 11.8 Å². The second-order valence-corrected chi connectivity index (χ2v) is 4.57. The molecule has 4 heteroatoms. The molecule has 2 heterocycles. The third-order valence-corrected chi connectivity index (χ3v) is 4.04. The van der Waals surface area contributed by atoms with Crippen LogP contribution in [0.15, 0.2) is 0 Å². The van der Waals surface area contributed by atoms with Crippen molar-refractivity contribution in [2.75, 3.05) is 18.1 Å². The van der Waals surface area contributed by atoms with Crippen molar-refractivity contribution in [1.82, 2.24) is 5.32 Å². The van der Waals surface area contributed by atoms with E-state index in [4.69, 9.17) is 5.11 Å². The van der Waals surface area contributed by atoms with E-state index in [1.807, 2.05) is 11.8 Å². The Hall–Kier alpha value is -0.220. The largest absolute Gasteiger partial charge is 0.481 e. The SMILES string of the molecule is O=C(O)C1CCNC2CSCC21. The van der Waals surface area contributed by atoms with Crippen LogP contribution in [0, 0.1) is 11.8 Å². The van der Waals surface area contributed by atoms with Gasteiger partial charge in [-0.15, -0.1) is 0 Å². The van der Waals surface area contributed by atoms with Gasteiger partial charge < -0.3 is 10.4 Å². The van der Waals surface area contributed by atoms with E-state index >= 15 is 0 Å². The van der Waals surface area contributed by atoms with Crippen LogP contribution in [0.2, 0.25) is 0 Å². The molecule has 68 valence electrons. The number of hydrogen-bond donors (Lipinski definition) is 2. The number of fused-ring (bicyclic) bond motifs is 1. The van der Waals surface area contributed by atoms with E-state index in [9.17, 15) is 4.79 Å². The van der Waals surface area contributed by atoms with Gasteiger partial charge in [-0.25, -0.2) is 0 Å². The number of nitrogens with one attached hydrogen (secondary N) is 1. The first-order chi connectivity index (χ1) is 5.79. The van der Waals surface area contributed by atoms with Gasteiger partial charge in [-0.2, -0.15) is 11.8 Å².